The molecule has 43 heavy (non-hydrogen) atoms. The van der Waals surface area contributed by atoms with Gasteiger partial charge in [-0.2, -0.15) is 0 Å². The number of ether oxygens (including phenoxy) is 2. The van der Waals surface area contributed by atoms with Gasteiger partial charge in [-0.15, -0.1) is 0 Å². The Hall–Kier alpha value is -5.64. The molecule has 0 saturated carbocycles. The van der Waals surface area contributed by atoms with Gasteiger partial charge in [0.15, 0.2) is 13.2 Å². The highest BCUT2D eigenvalue weighted by Gasteiger charge is 2.12. The number of carbonyl (C=O) groups is 4. The molecule has 4 aromatic rings. The van der Waals surface area contributed by atoms with E-state index in [4.69, 9.17) is 9.47 Å². The van der Waals surface area contributed by atoms with Crippen molar-refractivity contribution in [2.45, 2.75) is 19.3 Å². The molecule has 0 heterocycles. The van der Waals surface area contributed by atoms with Gasteiger partial charge in [-0.25, -0.2) is 0 Å². The summed E-state index contributed by atoms with van der Waals surface area (Å²) in [7, 11) is 0. The third kappa shape index (κ3) is 9.75. The van der Waals surface area contributed by atoms with Crippen LogP contribution in [0.3, 0.4) is 0 Å². The molecule has 220 valence electrons. The van der Waals surface area contributed by atoms with E-state index in [1.807, 2.05) is 97.1 Å². The first-order valence-corrected chi connectivity index (χ1v) is 13.7. The van der Waals surface area contributed by atoms with Crippen LogP contribution in [0.2, 0.25) is 0 Å². The van der Waals surface area contributed by atoms with Crippen LogP contribution in [0.5, 0.6) is 11.5 Å². The molecule has 4 rings (SSSR count). The number of amides is 4. The minimum atomic E-state index is -0.537. The van der Waals surface area contributed by atoms with Crippen LogP contribution >= 0.6 is 0 Å². The Labute approximate surface area is 249 Å². The van der Waals surface area contributed by atoms with Crippen LogP contribution in [-0.4, -0.2) is 36.8 Å². The second-order valence-corrected chi connectivity index (χ2v) is 9.35. The van der Waals surface area contributed by atoms with Crippen molar-refractivity contribution in [1.82, 2.24) is 21.7 Å². The third-order valence-electron chi connectivity index (χ3n) is 6.15. The monoisotopic (exact) mass is 580 g/mol. The quantitative estimate of drug-likeness (QED) is 0.188. The molecule has 0 bridgehead atoms. The summed E-state index contributed by atoms with van der Waals surface area (Å²) in [6.07, 6.45) is 0.169. The SMILES string of the molecule is O=C(CCCC(=O)NNC(=O)COc1ccccc1-c1ccccc1)NNC(=O)COc1ccccc1-c1ccccc1. The lowest BCUT2D eigenvalue weighted by atomic mass is 10.1. The molecule has 0 aliphatic heterocycles. The fourth-order valence-electron chi connectivity index (χ4n) is 4.07. The summed E-state index contributed by atoms with van der Waals surface area (Å²) < 4.78 is 11.3. The van der Waals surface area contributed by atoms with Crippen LogP contribution in [-0.2, 0) is 19.2 Å². The number of carbonyl (C=O) groups excluding carboxylic acids is 4. The molecule has 0 atom stereocenters. The van der Waals surface area contributed by atoms with Crippen molar-refractivity contribution in [3.63, 3.8) is 0 Å². The zero-order valence-corrected chi connectivity index (χ0v) is 23.4. The van der Waals surface area contributed by atoms with Gasteiger partial charge in [0.25, 0.3) is 11.8 Å². The van der Waals surface area contributed by atoms with Gasteiger partial charge < -0.3 is 9.47 Å². The number of rotatable bonds is 12. The van der Waals surface area contributed by atoms with Crippen molar-refractivity contribution in [1.29, 1.82) is 0 Å². The lowest BCUT2D eigenvalue weighted by Crippen LogP contribution is -2.44. The molecule has 0 radical (unpaired) electrons. The topological polar surface area (TPSA) is 135 Å². The lowest BCUT2D eigenvalue weighted by molar-refractivity contribution is -0.131. The average molecular weight is 581 g/mol. The molecule has 10 heteroatoms. The van der Waals surface area contributed by atoms with Gasteiger partial charge in [-0.05, 0) is 29.7 Å². The van der Waals surface area contributed by atoms with E-state index in [1.165, 1.54) is 0 Å². The van der Waals surface area contributed by atoms with Gasteiger partial charge in [0, 0.05) is 24.0 Å². The smallest absolute Gasteiger partial charge is 0.276 e. The van der Waals surface area contributed by atoms with E-state index < -0.39 is 23.6 Å². The maximum absolute atomic E-state index is 12.2. The maximum Gasteiger partial charge on any atom is 0.276 e. The van der Waals surface area contributed by atoms with Crippen molar-refractivity contribution in [3.8, 4) is 33.8 Å². The van der Waals surface area contributed by atoms with Crippen molar-refractivity contribution in [2.75, 3.05) is 13.2 Å². The number of hydrogen-bond acceptors (Lipinski definition) is 6. The Morgan fingerprint density at radius 1 is 0.442 bits per heavy atom. The Morgan fingerprint density at radius 2 is 0.791 bits per heavy atom. The van der Waals surface area contributed by atoms with Crippen LogP contribution in [0, 0.1) is 0 Å². The second-order valence-electron chi connectivity index (χ2n) is 9.35. The minimum Gasteiger partial charge on any atom is -0.483 e. The van der Waals surface area contributed by atoms with E-state index in [-0.39, 0.29) is 32.5 Å². The maximum atomic E-state index is 12.2. The molecular formula is C33H32N4O6. The van der Waals surface area contributed by atoms with Gasteiger partial charge in [0.2, 0.25) is 11.8 Å². The van der Waals surface area contributed by atoms with Gasteiger partial charge in [-0.1, -0.05) is 97.1 Å². The summed E-state index contributed by atoms with van der Waals surface area (Å²) >= 11 is 0. The summed E-state index contributed by atoms with van der Waals surface area (Å²) in [6, 6.07) is 34.0. The zero-order chi connectivity index (χ0) is 30.3. The average Bonchev–Trinajstić information content (AvgIpc) is 3.05. The standard InChI is InChI=1S/C33H32N4O6/c38-30(34-36-32(40)22-42-28-18-9-7-16-26(28)24-12-3-1-4-13-24)20-11-21-31(39)35-37-33(41)23-43-29-19-10-8-17-27(29)25-14-5-2-6-15-25/h1-10,12-19H,11,20-23H2,(H,34,38)(H,35,39)(H,36,40)(H,37,41). The van der Waals surface area contributed by atoms with Crippen molar-refractivity contribution in [2.24, 2.45) is 0 Å². The normalized spacial score (nSPS) is 10.2. The Balaban J connectivity index is 1.09. The molecular weight excluding hydrogens is 548 g/mol. The summed E-state index contributed by atoms with van der Waals surface area (Å²) in [5.74, 6) is -0.940. The van der Waals surface area contributed by atoms with E-state index in [1.54, 1.807) is 12.1 Å². The predicted molar refractivity (Wildman–Crippen MR) is 161 cm³/mol. The van der Waals surface area contributed by atoms with E-state index in [0.717, 1.165) is 22.3 Å². The minimum absolute atomic E-state index is 0.0152. The van der Waals surface area contributed by atoms with Crippen molar-refractivity contribution >= 4 is 23.6 Å². The molecule has 0 aliphatic rings. The predicted octanol–water partition coefficient (Wildman–Crippen LogP) is 3.94. The number of benzene rings is 4. The number of hydrogen-bond donors (Lipinski definition) is 4. The molecule has 0 saturated heterocycles. The van der Waals surface area contributed by atoms with Gasteiger partial charge in [0.1, 0.15) is 11.5 Å². The van der Waals surface area contributed by atoms with E-state index in [0.29, 0.717) is 11.5 Å². The summed E-state index contributed by atoms with van der Waals surface area (Å²) in [5.41, 5.74) is 12.8. The Kier molecular flexibility index (Phi) is 11.3. The molecule has 4 N–H and O–H groups in total. The van der Waals surface area contributed by atoms with E-state index in [2.05, 4.69) is 21.7 Å². The molecule has 0 aliphatic carbocycles. The van der Waals surface area contributed by atoms with E-state index >= 15 is 0 Å². The lowest BCUT2D eigenvalue weighted by Gasteiger charge is -2.12. The molecule has 10 nitrogen and oxygen atoms in total. The molecule has 0 spiro atoms. The highest BCUT2D eigenvalue weighted by molar-refractivity contribution is 5.85. The fourth-order valence-corrected chi connectivity index (χ4v) is 4.07. The molecule has 0 unspecified atom stereocenters. The van der Waals surface area contributed by atoms with Gasteiger partial charge in [-0.3, -0.25) is 40.9 Å². The van der Waals surface area contributed by atoms with Crippen LogP contribution in [0.15, 0.2) is 109 Å². The first-order chi connectivity index (χ1) is 21.0. The highest BCUT2D eigenvalue weighted by Crippen LogP contribution is 2.30. The second kappa shape index (κ2) is 16.0. The number of para-hydroxylation sites is 2. The molecule has 0 fully saturated rings. The van der Waals surface area contributed by atoms with Crippen LogP contribution in [0.4, 0.5) is 0 Å². The summed E-state index contributed by atoms with van der Waals surface area (Å²) in [5, 5.41) is 0. The largest absolute Gasteiger partial charge is 0.483 e. The molecule has 4 aromatic carbocycles. The number of hydrazine groups is 2. The van der Waals surface area contributed by atoms with Gasteiger partial charge >= 0.3 is 0 Å². The summed E-state index contributed by atoms with van der Waals surface area (Å²) in [6.45, 7) is -0.596. The Morgan fingerprint density at radius 3 is 1.21 bits per heavy atom. The first kappa shape index (κ1) is 30.3. The molecule has 0 aromatic heterocycles. The van der Waals surface area contributed by atoms with Crippen molar-refractivity contribution < 1.29 is 28.7 Å². The van der Waals surface area contributed by atoms with Crippen LogP contribution in [0.25, 0.3) is 22.3 Å². The summed E-state index contributed by atoms with van der Waals surface area (Å²) in [4.78, 5) is 48.5. The third-order valence-corrected chi connectivity index (χ3v) is 6.15. The Bertz CT molecular complexity index is 1410. The van der Waals surface area contributed by atoms with E-state index in [9.17, 15) is 19.2 Å². The van der Waals surface area contributed by atoms with Crippen molar-refractivity contribution in [3.05, 3.63) is 109 Å². The fraction of sp³-hybridized carbons (Fsp3) is 0.152. The first-order valence-electron chi connectivity index (χ1n) is 13.7. The highest BCUT2D eigenvalue weighted by atomic mass is 16.5. The molecule has 4 amide bonds. The van der Waals surface area contributed by atoms with Crippen LogP contribution < -0.4 is 31.2 Å². The van der Waals surface area contributed by atoms with Crippen LogP contribution in [0.1, 0.15) is 19.3 Å². The van der Waals surface area contributed by atoms with Gasteiger partial charge in [0.05, 0.1) is 0 Å². The number of nitrogens with one attached hydrogen (secondary N) is 4. The zero-order valence-electron chi connectivity index (χ0n) is 23.4.